The van der Waals surface area contributed by atoms with Crippen LogP contribution >= 0.6 is 0 Å². The summed E-state index contributed by atoms with van der Waals surface area (Å²) in [5.41, 5.74) is 2.22. The summed E-state index contributed by atoms with van der Waals surface area (Å²) in [6.45, 7) is 5.81. The molecule has 0 bridgehead atoms. The molecule has 1 fully saturated rings. The molecule has 0 saturated carbocycles. The smallest absolute Gasteiger partial charge is 0.490 e. The zero-order chi connectivity index (χ0) is 29.0. The predicted octanol–water partition coefficient (Wildman–Crippen LogP) is 3.74. The van der Waals surface area contributed by atoms with Gasteiger partial charge in [0.05, 0.1) is 31.2 Å². The Morgan fingerprint density at radius 2 is 1.72 bits per heavy atom. The molecule has 0 radical (unpaired) electrons. The van der Waals surface area contributed by atoms with Crippen molar-refractivity contribution >= 4 is 18.0 Å². The molecule has 13 heteroatoms. The van der Waals surface area contributed by atoms with Crippen LogP contribution in [0.1, 0.15) is 37.0 Å². The van der Waals surface area contributed by atoms with Crippen molar-refractivity contribution in [2.45, 2.75) is 39.0 Å². The van der Waals surface area contributed by atoms with E-state index in [0.29, 0.717) is 36.9 Å². The zero-order valence-corrected chi connectivity index (χ0v) is 21.6. The van der Waals surface area contributed by atoms with Crippen LogP contribution < -0.4 is 10.1 Å². The molecule has 10 nitrogen and oxygen atoms in total. The molecule has 1 aromatic carbocycles. The number of carboxylic acids is 1. The second-order valence-electron chi connectivity index (χ2n) is 8.91. The molecule has 2 amide bonds. The summed E-state index contributed by atoms with van der Waals surface area (Å²) in [6.07, 6.45) is -1.95. The SMILES string of the molecule is CC(C)OC(=O)N1CCC(COc2ccc(-c3ccc(C(=O)NCCO)cc3)nc2)CC1.O=C(O)C(F)(F)F. The maximum absolute atomic E-state index is 12.0. The van der Waals surface area contributed by atoms with Crippen LogP contribution in [0.5, 0.6) is 5.75 Å². The van der Waals surface area contributed by atoms with Gasteiger partial charge in [0.15, 0.2) is 0 Å². The normalized spacial score (nSPS) is 13.8. The minimum absolute atomic E-state index is 0.0890. The average Bonchev–Trinajstić information content (AvgIpc) is 2.90. The van der Waals surface area contributed by atoms with E-state index in [9.17, 15) is 22.8 Å². The van der Waals surface area contributed by atoms with E-state index in [-0.39, 0.29) is 31.3 Å². The third-order valence-electron chi connectivity index (χ3n) is 5.51. The number of amides is 2. The largest absolute Gasteiger partial charge is 0.492 e. The lowest BCUT2D eigenvalue weighted by Gasteiger charge is -2.31. The van der Waals surface area contributed by atoms with E-state index < -0.39 is 12.1 Å². The van der Waals surface area contributed by atoms with Gasteiger partial charge in [0, 0.05) is 30.8 Å². The molecule has 1 saturated heterocycles. The van der Waals surface area contributed by atoms with Crippen molar-refractivity contribution in [2.75, 3.05) is 32.8 Å². The Bertz CT molecular complexity index is 1070. The maximum atomic E-state index is 12.0. The molecule has 1 aromatic heterocycles. The Morgan fingerprint density at radius 1 is 1.10 bits per heavy atom. The molecule has 2 aromatic rings. The van der Waals surface area contributed by atoms with Gasteiger partial charge in [-0.1, -0.05) is 12.1 Å². The molecular weight excluding hydrogens is 523 g/mol. The van der Waals surface area contributed by atoms with Gasteiger partial charge in [0.2, 0.25) is 0 Å². The number of carboxylic acid groups (broad SMARTS) is 1. The van der Waals surface area contributed by atoms with Gasteiger partial charge in [-0.15, -0.1) is 0 Å². The molecule has 2 heterocycles. The summed E-state index contributed by atoms with van der Waals surface area (Å²) in [5.74, 6) is -1.88. The predicted molar refractivity (Wildman–Crippen MR) is 134 cm³/mol. The van der Waals surface area contributed by atoms with Crippen LogP contribution in [-0.2, 0) is 9.53 Å². The molecule has 0 atom stereocenters. The van der Waals surface area contributed by atoms with Crippen molar-refractivity contribution in [3.8, 4) is 17.0 Å². The average molecular weight is 556 g/mol. The van der Waals surface area contributed by atoms with Crippen molar-refractivity contribution in [1.82, 2.24) is 15.2 Å². The van der Waals surface area contributed by atoms with Gasteiger partial charge < -0.3 is 29.9 Å². The van der Waals surface area contributed by atoms with Crippen LogP contribution in [0.2, 0.25) is 0 Å². The van der Waals surface area contributed by atoms with Crippen LogP contribution in [0.4, 0.5) is 18.0 Å². The van der Waals surface area contributed by atoms with Crippen LogP contribution in [-0.4, -0.2) is 83.2 Å². The van der Waals surface area contributed by atoms with Gasteiger partial charge in [-0.25, -0.2) is 9.59 Å². The molecule has 1 aliphatic heterocycles. The number of hydrogen-bond acceptors (Lipinski definition) is 7. The molecular formula is C26H32F3N3O7. The zero-order valence-electron chi connectivity index (χ0n) is 21.6. The Kier molecular flexibility index (Phi) is 12.0. The van der Waals surface area contributed by atoms with Crippen LogP contribution in [0.3, 0.4) is 0 Å². The monoisotopic (exact) mass is 555 g/mol. The second-order valence-corrected chi connectivity index (χ2v) is 8.91. The Hall–Kier alpha value is -3.87. The lowest BCUT2D eigenvalue weighted by atomic mass is 9.98. The minimum Gasteiger partial charge on any atom is -0.492 e. The lowest BCUT2D eigenvalue weighted by Crippen LogP contribution is -2.40. The number of carbonyl (C=O) groups is 3. The number of alkyl halides is 3. The molecule has 0 unspecified atom stereocenters. The fourth-order valence-corrected chi connectivity index (χ4v) is 3.47. The van der Waals surface area contributed by atoms with E-state index in [1.807, 2.05) is 38.1 Å². The fraction of sp³-hybridized carbons (Fsp3) is 0.462. The number of hydrogen-bond donors (Lipinski definition) is 3. The summed E-state index contributed by atoms with van der Waals surface area (Å²) < 4.78 is 42.9. The number of nitrogens with one attached hydrogen (secondary N) is 1. The lowest BCUT2D eigenvalue weighted by molar-refractivity contribution is -0.192. The standard InChI is InChI=1S/C24H31N3O5.C2HF3O2/c1-17(2)32-24(30)27-12-9-18(10-13-27)16-31-21-7-8-22(26-15-21)19-3-5-20(6-4-19)23(29)25-11-14-28;3-2(4,5)1(6)7/h3-8,15,17-18,28H,9-14,16H2,1-2H3,(H,25,29);(H,6,7). The number of halogens is 3. The maximum Gasteiger partial charge on any atom is 0.490 e. The number of aromatic nitrogens is 1. The molecule has 3 rings (SSSR count). The minimum atomic E-state index is -5.08. The topological polar surface area (TPSA) is 138 Å². The van der Waals surface area contributed by atoms with E-state index in [4.69, 9.17) is 24.5 Å². The first kappa shape index (κ1) is 31.3. The van der Waals surface area contributed by atoms with Crippen molar-refractivity contribution in [2.24, 2.45) is 5.92 Å². The number of carbonyl (C=O) groups excluding carboxylic acids is 2. The first-order chi connectivity index (χ1) is 18.4. The summed E-state index contributed by atoms with van der Waals surface area (Å²) in [4.78, 5) is 39.0. The van der Waals surface area contributed by atoms with Crippen LogP contribution in [0, 0.1) is 5.92 Å². The first-order valence-electron chi connectivity index (χ1n) is 12.2. The number of aliphatic hydroxyl groups is 1. The van der Waals surface area contributed by atoms with Gasteiger partial charge in [-0.05, 0) is 56.9 Å². The fourth-order valence-electron chi connectivity index (χ4n) is 3.47. The van der Waals surface area contributed by atoms with Crippen molar-refractivity contribution < 1.29 is 47.2 Å². The third kappa shape index (κ3) is 10.8. The van der Waals surface area contributed by atoms with Crippen molar-refractivity contribution in [1.29, 1.82) is 0 Å². The molecule has 39 heavy (non-hydrogen) atoms. The number of aliphatic carboxylic acids is 1. The van der Waals surface area contributed by atoms with Crippen molar-refractivity contribution in [3.63, 3.8) is 0 Å². The number of nitrogens with zero attached hydrogens (tertiary/aromatic N) is 2. The number of likely N-dealkylation sites (tertiary alicyclic amines) is 1. The highest BCUT2D eigenvalue weighted by Gasteiger charge is 2.38. The van der Waals surface area contributed by atoms with Crippen molar-refractivity contribution in [3.05, 3.63) is 48.2 Å². The van der Waals surface area contributed by atoms with Gasteiger partial charge in [0.1, 0.15) is 5.75 Å². The number of pyridine rings is 1. The van der Waals surface area contributed by atoms with Crippen LogP contribution in [0.25, 0.3) is 11.3 Å². The summed E-state index contributed by atoms with van der Waals surface area (Å²) in [6, 6.07) is 10.9. The van der Waals surface area contributed by atoms with Gasteiger partial charge in [-0.3, -0.25) is 9.78 Å². The number of ether oxygens (including phenoxy) is 2. The highest BCUT2D eigenvalue weighted by molar-refractivity contribution is 5.94. The van der Waals surface area contributed by atoms with E-state index in [0.717, 1.165) is 24.1 Å². The highest BCUT2D eigenvalue weighted by Crippen LogP contribution is 2.23. The Morgan fingerprint density at radius 3 is 2.21 bits per heavy atom. The molecule has 0 aliphatic carbocycles. The third-order valence-corrected chi connectivity index (χ3v) is 5.51. The Balaban J connectivity index is 0.000000673. The second kappa shape index (κ2) is 14.9. The van der Waals surface area contributed by atoms with Crippen LogP contribution in [0.15, 0.2) is 42.6 Å². The number of benzene rings is 1. The summed E-state index contributed by atoms with van der Waals surface area (Å²) in [7, 11) is 0. The van der Waals surface area contributed by atoms with E-state index in [1.165, 1.54) is 0 Å². The van der Waals surface area contributed by atoms with Gasteiger partial charge >= 0.3 is 18.2 Å². The number of rotatable bonds is 8. The first-order valence-corrected chi connectivity index (χ1v) is 12.2. The molecule has 0 spiro atoms. The van der Waals surface area contributed by atoms with Gasteiger partial charge in [0.25, 0.3) is 5.91 Å². The number of aliphatic hydroxyl groups excluding tert-OH is 1. The molecule has 1 aliphatic rings. The van der Waals surface area contributed by atoms with E-state index in [1.54, 1.807) is 23.2 Å². The van der Waals surface area contributed by atoms with E-state index in [2.05, 4.69) is 10.3 Å². The Labute approximate surface area is 223 Å². The highest BCUT2D eigenvalue weighted by atomic mass is 19.4. The molecule has 3 N–H and O–H groups in total. The number of piperidine rings is 1. The summed E-state index contributed by atoms with van der Waals surface area (Å²) in [5, 5.41) is 18.5. The quantitative estimate of drug-likeness (QED) is 0.448. The van der Waals surface area contributed by atoms with E-state index >= 15 is 0 Å². The summed E-state index contributed by atoms with van der Waals surface area (Å²) >= 11 is 0. The molecule has 214 valence electrons. The van der Waals surface area contributed by atoms with Gasteiger partial charge in [-0.2, -0.15) is 13.2 Å².